The highest BCUT2D eigenvalue weighted by Gasteiger charge is 2.58. The lowest BCUT2D eigenvalue weighted by atomic mass is 9.97. The fourth-order valence-electron chi connectivity index (χ4n) is 3.40. The highest BCUT2D eigenvalue weighted by molar-refractivity contribution is 7.15. The molecule has 2 atom stereocenters. The van der Waals surface area contributed by atoms with Crippen molar-refractivity contribution in [1.82, 2.24) is 20.5 Å². The summed E-state index contributed by atoms with van der Waals surface area (Å²) in [6.45, 7) is -0.336. The Hall–Kier alpha value is -4.18. The summed E-state index contributed by atoms with van der Waals surface area (Å²) in [6, 6.07) is 5.18. The van der Waals surface area contributed by atoms with Crippen LogP contribution in [0.1, 0.15) is 34.6 Å². The molecule has 3 amide bonds. The van der Waals surface area contributed by atoms with Gasteiger partial charge < -0.3 is 15.8 Å². The van der Waals surface area contributed by atoms with E-state index in [1.807, 2.05) is 0 Å². The predicted octanol–water partition coefficient (Wildman–Crippen LogP) is 3.80. The Morgan fingerprint density at radius 3 is 2.69 bits per heavy atom. The van der Waals surface area contributed by atoms with Crippen molar-refractivity contribution in [1.29, 1.82) is 0 Å². The van der Waals surface area contributed by atoms with Crippen LogP contribution in [0.3, 0.4) is 0 Å². The molecule has 180 valence electrons. The molecule has 9 nitrogen and oxygen atoms in total. The van der Waals surface area contributed by atoms with Gasteiger partial charge in [-0.2, -0.15) is 0 Å². The number of hydrogen-bond donors (Lipinski definition) is 3. The van der Waals surface area contributed by atoms with Crippen LogP contribution in [0.2, 0.25) is 0 Å². The summed E-state index contributed by atoms with van der Waals surface area (Å²) in [5.74, 6) is -2.26. The van der Waals surface area contributed by atoms with Crippen LogP contribution in [0.5, 0.6) is 0 Å². The monoisotopic (exact) mass is 502 g/mol. The lowest BCUT2D eigenvalue weighted by Crippen LogP contribution is -2.36. The Labute approximate surface area is 200 Å². The molecule has 4 N–H and O–H groups in total. The SMILES string of the molecule is C#Cc1nnc(NC(=O)N[C@@H](COC(N)=O)c2ccc(-c3ccc(F)cc3C3CC3(F)F)cn2)s1. The van der Waals surface area contributed by atoms with Gasteiger partial charge in [-0.25, -0.2) is 22.8 Å². The lowest BCUT2D eigenvalue weighted by molar-refractivity contribution is 0.112. The van der Waals surface area contributed by atoms with E-state index < -0.39 is 35.8 Å². The van der Waals surface area contributed by atoms with Crippen molar-refractivity contribution >= 4 is 28.6 Å². The Morgan fingerprint density at radius 2 is 2.09 bits per heavy atom. The molecule has 0 aliphatic heterocycles. The first-order chi connectivity index (χ1) is 16.7. The second-order valence-electron chi connectivity index (χ2n) is 7.56. The number of halogens is 3. The molecule has 2 heterocycles. The number of primary amides is 1. The molecule has 1 unspecified atom stereocenters. The number of urea groups is 1. The maximum absolute atomic E-state index is 13.7. The van der Waals surface area contributed by atoms with Crippen molar-refractivity contribution in [2.75, 3.05) is 11.9 Å². The zero-order valence-corrected chi connectivity index (χ0v) is 18.6. The number of rotatable bonds is 7. The Bertz CT molecular complexity index is 1310. The van der Waals surface area contributed by atoms with Gasteiger partial charge >= 0.3 is 12.1 Å². The number of nitrogens with two attached hydrogens (primary N) is 1. The number of terminal acetylenes is 1. The number of alkyl halides is 2. The number of ether oxygens (including phenoxy) is 1. The summed E-state index contributed by atoms with van der Waals surface area (Å²) >= 11 is 0.980. The molecule has 35 heavy (non-hydrogen) atoms. The molecule has 0 radical (unpaired) electrons. The summed E-state index contributed by atoms with van der Waals surface area (Å²) in [4.78, 5) is 27.8. The topological polar surface area (TPSA) is 132 Å². The van der Waals surface area contributed by atoms with Gasteiger partial charge in [-0.1, -0.05) is 23.5 Å². The van der Waals surface area contributed by atoms with Gasteiger partial charge in [0.05, 0.1) is 11.6 Å². The molecular formula is C22H17F3N6O3S. The lowest BCUT2D eigenvalue weighted by Gasteiger charge is -2.18. The number of benzene rings is 1. The first kappa shape index (κ1) is 24.0. The largest absolute Gasteiger partial charge is 0.447 e. The van der Waals surface area contributed by atoms with Crippen LogP contribution >= 0.6 is 11.3 Å². The van der Waals surface area contributed by atoms with E-state index in [1.165, 1.54) is 24.4 Å². The van der Waals surface area contributed by atoms with Crippen molar-refractivity contribution in [2.45, 2.75) is 24.3 Å². The summed E-state index contributed by atoms with van der Waals surface area (Å²) < 4.78 is 45.9. The number of hydrogen-bond acceptors (Lipinski definition) is 7. The Kier molecular flexibility index (Phi) is 6.57. The summed E-state index contributed by atoms with van der Waals surface area (Å²) in [6.07, 6.45) is 5.22. The number of aromatic nitrogens is 3. The van der Waals surface area contributed by atoms with Crippen LogP contribution in [0.15, 0.2) is 36.5 Å². The molecule has 2 aromatic heterocycles. The first-order valence-electron chi connectivity index (χ1n) is 10.1. The van der Waals surface area contributed by atoms with Gasteiger partial charge in [0, 0.05) is 18.2 Å². The van der Waals surface area contributed by atoms with Crippen molar-refractivity contribution < 1.29 is 27.5 Å². The molecule has 0 saturated heterocycles. The standard InChI is InChI=1S/C22H17F3N6O3S/c1-2-18-30-31-21(35-18)29-20(33)28-17(10-34-19(26)32)16-6-3-11(9-27-16)13-5-4-12(23)7-14(13)15-8-22(15,24)25/h1,3-7,9,15,17H,8,10H2,(H2,26,32)(H2,28,29,31,33)/t15?,17-/m0/s1. The van der Waals surface area contributed by atoms with Crippen molar-refractivity contribution in [3.63, 3.8) is 0 Å². The maximum atomic E-state index is 13.7. The summed E-state index contributed by atoms with van der Waals surface area (Å²) in [7, 11) is 0. The van der Waals surface area contributed by atoms with E-state index in [9.17, 15) is 22.8 Å². The highest BCUT2D eigenvalue weighted by atomic mass is 32.1. The number of nitrogens with zero attached hydrogens (tertiary/aromatic N) is 3. The van der Waals surface area contributed by atoms with E-state index in [0.717, 1.165) is 17.4 Å². The molecule has 1 fully saturated rings. The van der Waals surface area contributed by atoms with Gasteiger partial charge in [0.2, 0.25) is 5.13 Å². The van der Waals surface area contributed by atoms with E-state index in [2.05, 4.69) is 31.7 Å². The van der Waals surface area contributed by atoms with Crippen LogP contribution in [-0.2, 0) is 4.74 Å². The zero-order chi connectivity index (χ0) is 25.2. The van der Waals surface area contributed by atoms with Crippen LogP contribution in [0.4, 0.5) is 27.9 Å². The van der Waals surface area contributed by atoms with Gasteiger partial charge in [0.25, 0.3) is 5.92 Å². The second-order valence-corrected chi connectivity index (χ2v) is 8.54. The van der Waals surface area contributed by atoms with Crippen molar-refractivity contribution in [2.24, 2.45) is 5.73 Å². The molecule has 0 spiro atoms. The van der Waals surface area contributed by atoms with Gasteiger partial charge in [-0.15, -0.1) is 16.6 Å². The van der Waals surface area contributed by atoms with Crippen LogP contribution in [-0.4, -0.2) is 39.8 Å². The van der Waals surface area contributed by atoms with Crippen LogP contribution in [0, 0.1) is 18.2 Å². The van der Waals surface area contributed by atoms with Gasteiger partial charge in [-0.05, 0) is 35.2 Å². The van der Waals surface area contributed by atoms with Gasteiger partial charge in [0.1, 0.15) is 18.5 Å². The number of anilines is 1. The third-order valence-electron chi connectivity index (χ3n) is 5.14. The van der Waals surface area contributed by atoms with Gasteiger partial charge in [-0.3, -0.25) is 10.3 Å². The number of amides is 3. The predicted molar refractivity (Wildman–Crippen MR) is 120 cm³/mol. The number of carbonyl (C=O) groups is 2. The zero-order valence-electron chi connectivity index (χ0n) is 17.8. The van der Waals surface area contributed by atoms with Gasteiger partial charge in [0.15, 0.2) is 5.01 Å². The van der Waals surface area contributed by atoms with E-state index in [-0.39, 0.29) is 34.4 Å². The summed E-state index contributed by atoms with van der Waals surface area (Å²) in [5, 5.41) is 12.9. The third-order valence-corrected chi connectivity index (χ3v) is 5.91. The van der Waals surface area contributed by atoms with Crippen molar-refractivity contribution in [3.8, 4) is 23.5 Å². The second kappa shape index (κ2) is 9.59. The third kappa shape index (κ3) is 5.67. The fraction of sp³-hybridized carbons (Fsp3) is 0.227. The molecule has 1 saturated carbocycles. The Morgan fingerprint density at radius 1 is 1.31 bits per heavy atom. The first-order valence-corrected chi connectivity index (χ1v) is 10.9. The Balaban J connectivity index is 1.54. The maximum Gasteiger partial charge on any atom is 0.404 e. The minimum Gasteiger partial charge on any atom is -0.447 e. The minimum absolute atomic E-state index is 0.147. The average Bonchev–Trinajstić information content (AvgIpc) is 3.22. The number of carbonyl (C=O) groups excluding carboxylic acids is 2. The van der Waals surface area contributed by atoms with E-state index in [0.29, 0.717) is 11.1 Å². The van der Waals surface area contributed by atoms with E-state index in [1.54, 1.807) is 6.07 Å². The normalized spacial score (nSPS) is 16.6. The molecule has 13 heteroatoms. The average molecular weight is 502 g/mol. The molecule has 1 aliphatic carbocycles. The highest BCUT2D eigenvalue weighted by Crippen LogP contribution is 2.57. The van der Waals surface area contributed by atoms with E-state index in [4.69, 9.17) is 16.9 Å². The molecule has 1 aromatic carbocycles. The quantitative estimate of drug-likeness (QED) is 0.421. The fourth-order valence-corrected chi connectivity index (χ4v) is 3.95. The van der Waals surface area contributed by atoms with Crippen LogP contribution < -0.4 is 16.4 Å². The van der Waals surface area contributed by atoms with E-state index >= 15 is 0 Å². The minimum atomic E-state index is -2.88. The number of nitrogens with one attached hydrogen (secondary N) is 2. The molecule has 4 rings (SSSR count). The van der Waals surface area contributed by atoms with Crippen LogP contribution in [0.25, 0.3) is 11.1 Å². The van der Waals surface area contributed by atoms with Crippen molar-refractivity contribution in [3.05, 3.63) is 58.6 Å². The molecule has 1 aliphatic rings. The molecular weight excluding hydrogens is 485 g/mol. The number of pyridine rings is 1. The smallest absolute Gasteiger partial charge is 0.404 e. The molecule has 0 bridgehead atoms. The summed E-state index contributed by atoms with van der Waals surface area (Å²) in [5.41, 5.74) is 6.41. The molecule has 3 aromatic rings.